The van der Waals surface area contributed by atoms with Gasteiger partial charge in [0.1, 0.15) is 6.04 Å². The highest BCUT2D eigenvalue weighted by Crippen LogP contribution is 2.18. The van der Waals surface area contributed by atoms with Crippen molar-refractivity contribution in [3.8, 4) is 0 Å². The van der Waals surface area contributed by atoms with Crippen LogP contribution in [0.25, 0.3) is 0 Å². The predicted molar refractivity (Wildman–Crippen MR) is 113 cm³/mol. The number of carbonyl (C=O) groups excluding carboxylic acids is 2. The first-order valence-electron chi connectivity index (χ1n) is 8.92. The molecule has 0 saturated heterocycles. The van der Waals surface area contributed by atoms with Crippen LogP contribution in [-0.2, 0) is 21.9 Å². The van der Waals surface area contributed by atoms with Crippen molar-refractivity contribution in [2.75, 3.05) is 12.8 Å². The number of rotatable bonds is 9. The molecule has 1 atom stereocenters. The van der Waals surface area contributed by atoms with E-state index >= 15 is 0 Å². The van der Waals surface area contributed by atoms with Gasteiger partial charge in [-0.3, -0.25) is 9.59 Å². The summed E-state index contributed by atoms with van der Waals surface area (Å²) in [5, 5.41) is 3.31. The Kier molecular flexibility index (Phi) is 8.69. The zero-order valence-electron chi connectivity index (χ0n) is 15.7. The summed E-state index contributed by atoms with van der Waals surface area (Å²) in [4.78, 5) is 26.9. The Hall–Kier alpha value is -1.98. The van der Waals surface area contributed by atoms with Gasteiger partial charge in [0.25, 0.3) is 0 Å². The summed E-state index contributed by atoms with van der Waals surface area (Å²) in [5.74, 6) is 0.905. The number of likely N-dealkylation sites (N-methyl/N-ethyl adjacent to an activating group) is 1. The van der Waals surface area contributed by atoms with E-state index in [0.29, 0.717) is 23.7 Å². The summed E-state index contributed by atoms with van der Waals surface area (Å²) >= 11 is 7.51. The van der Waals surface area contributed by atoms with Crippen molar-refractivity contribution in [2.45, 2.75) is 31.7 Å². The second-order valence-electron chi connectivity index (χ2n) is 6.16. The normalized spacial score (nSPS) is 11.7. The third-order valence-electron chi connectivity index (χ3n) is 4.24. The molecule has 0 aliphatic rings. The minimum Gasteiger partial charge on any atom is -0.357 e. The lowest BCUT2D eigenvalue weighted by atomic mass is 10.1. The molecule has 0 radical (unpaired) electrons. The van der Waals surface area contributed by atoms with Gasteiger partial charge in [-0.15, -0.1) is 11.8 Å². The Labute approximate surface area is 170 Å². The number of nitrogens with one attached hydrogen (secondary N) is 1. The molecule has 4 nitrogen and oxygen atoms in total. The van der Waals surface area contributed by atoms with Gasteiger partial charge in [0.2, 0.25) is 11.8 Å². The quantitative estimate of drug-likeness (QED) is 0.683. The molecule has 0 aromatic heterocycles. The average molecular weight is 405 g/mol. The molecule has 0 aliphatic heterocycles. The summed E-state index contributed by atoms with van der Waals surface area (Å²) in [6, 6.07) is 16.9. The fraction of sp³-hybridized carbons (Fsp3) is 0.333. The van der Waals surface area contributed by atoms with Crippen molar-refractivity contribution in [2.24, 2.45) is 0 Å². The number of halogens is 1. The van der Waals surface area contributed by atoms with E-state index in [0.717, 1.165) is 11.3 Å². The molecule has 2 rings (SSSR count). The molecule has 6 heteroatoms. The molecule has 2 aromatic carbocycles. The van der Waals surface area contributed by atoms with Crippen molar-refractivity contribution in [1.29, 1.82) is 0 Å². The van der Waals surface area contributed by atoms with E-state index in [9.17, 15) is 9.59 Å². The van der Waals surface area contributed by atoms with Gasteiger partial charge in [0.05, 0.1) is 5.75 Å². The number of amides is 2. The van der Waals surface area contributed by atoms with Crippen LogP contribution >= 0.6 is 23.4 Å². The van der Waals surface area contributed by atoms with Crippen molar-refractivity contribution >= 4 is 35.2 Å². The first kappa shape index (κ1) is 21.3. The van der Waals surface area contributed by atoms with E-state index in [4.69, 9.17) is 11.6 Å². The number of benzene rings is 2. The third kappa shape index (κ3) is 6.60. The molecule has 144 valence electrons. The van der Waals surface area contributed by atoms with Crippen molar-refractivity contribution in [3.05, 3.63) is 70.7 Å². The van der Waals surface area contributed by atoms with E-state index in [1.54, 1.807) is 35.8 Å². The zero-order valence-corrected chi connectivity index (χ0v) is 17.2. The maximum Gasteiger partial charge on any atom is 0.242 e. The second kappa shape index (κ2) is 11.0. The number of thioether (sulfide) groups is 1. The highest BCUT2D eigenvalue weighted by atomic mass is 35.5. The monoisotopic (exact) mass is 404 g/mol. The maximum atomic E-state index is 12.9. The molecule has 1 unspecified atom stereocenters. The maximum absolute atomic E-state index is 12.9. The summed E-state index contributed by atoms with van der Waals surface area (Å²) < 4.78 is 0. The van der Waals surface area contributed by atoms with Crippen LogP contribution in [0, 0.1) is 0 Å². The van der Waals surface area contributed by atoms with E-state index < -0.39 is 6.04 Å². The van der Waals surface area contributed by atoms with Crippen molar-refractivity contribution in [1.82, 2.24) is 10.2 Å². The molecule has 0 saturated carbocycles. The highest BCUT2D eigenvalue weighted by Gasteiger charge is 2.27. The van der Waals surface area contributed by atoms with Gasteiger partial charge >= 0.3 is 0 Å². The molecule has 2 aromatic rings. The van der Waals surface area contributed by atoms with Gasteiger partial charge in [0, 0.05) is 24.4 Å². The van der Waals surface area contributed by atoms with Crippen molar-refractivity contribution < 1.29 is 9.59 Å². The fourth-order valence-electron chi connectivity index (χ4n) is 2.79. The van der Waals surface area contributed by atoms with E-state index in [1.807, 2.05) is 49.4 Å². The predicted octanol–water partition coefficient (Wildman–Crippen LogP) is 4.13. The van der Waals surface area contributed by atoms with Gasteiger partial charge in [0.15, 0.2) is 0 Å². The van der Waals surface area contributed by atoms with Crippen LogP contribution in [0.1, 0.15) is 24.5 Å². The Morgan fingerprint density at radius 2 is 1.74 bits per heavy atom. The second-order valence-corrected chi connectivity index (χ2v) is 7.59. The third-order valence-corrected chi connectivity index (χ3v) is 5.48. The molecule has 0 heterocycles. The summed E-state index contributed by atoms with van der Waals surface area (Å²) in [6.45, 7) is 2.30. The number of hydrogen-bond acceptors (Lipinski definition) is 3. The largest absolute Gasteiger partial charge is 0.357 e. The molecule has 0 bridgehead atoms. The molecule has 27 heavy (non-hydrogen) atoms. The van der Waals surface area contributed by atoms with Crippen LogP contribution < -0.4 is 5.32 Å². The van der Waals surface area contributed by atoms with Gasteiger partial charge < -0.3 is 10.2 Å². The van der Waals surface area contributed by atoms with Crippen molar-refractivity contribution in [3.63, 3.8) is 0 Å². The Bertz CT molecular complexity index is 738. The first-order valence-corrected chi connectivity index (χ1v) is 10.5. The molecule has 0 spiro atoms. The molecule has 1 N–H and O–H groups in total. The lowest BCUT2D eigenvalue weighted by Gasteiger charge is -2.30. The number of hydrogen-bond donors (Lipinski definition) is 1. The molecular formula is C21H25ClN2O2S. The smallest absolute Gasteiger partial charge is 0.242 e. The SMILES string of the molecule is CCC(C(=O)NC)N(Cc1ccc(Cl)cc1)C(=O)CSCc1ccccc1. The zero-order chi connectivity index (χ0) is 19.6. The van der Waals surface area contributed by atoms with Crippen LogP contribution in [-0.4, -0.2) is 35.6 Å². The minimum absolute atomic E-state index is 0.0404. The van der Waals surface area contributed by atoms with Crippen LogP contribution in [0.5, 0.6) is 0 Å². The minimum atomic E-state index is -0.490. The van der Waals surface area contributed by atoms with Gasteiger partial charge in [-0.2, -0.15) is 0 Å². The van der Waals surface area contributed by atoms with Crippen LogP contribution in [0.4, 0.5) is 0 Å². The Morgan fingerprint density at radius 1 is 1.07 bits per heavy atom. The lowest BCUT2D eigenvalue weighted by molar-refractivity contribution is -0.139. The van der Waals surface area contributed by atoms with Crippen LogP contribution in [0.2, 0.25) is 5.02 Å². The first-order chi connectivity index (χ1) is 13.0. The molecule has 0 aliphatic carbocycles. The molecule has 0 fully saturated rings. The van der Waals surface area contributed by atoms with E-state index in [1.165, 1.54) is 5.56 Å². The van der Waals surface area contributed by atoms with Crippen LogP contribution in [0.3, 0.4) is 0 Å². The highest BCUT2D eigenvalue weighted by molar-refractivity contribution is 7.99. The van der Waals surface area contributed by atoms with Gasteiger partial charge in [-0.1, -0.05) is 61.0 Å². The topological polar surface area (TPSA) is 49.4 Å². The Morgan fingerprint density at radius 3 is 2.33 bits per heavy atom. The van der Waals surface area contributed by atoms with Gasteiger partial charge in [-0.05, 0) is 29.7 Å². The summed E-state index contributed by atoms with van der Waals surface area (Å²) in [7, 11) is 1.60. The molecular weight excluding hydrogens is 380 g/mol. The summed E-state index contributed by atoms with van der Waals surface area (Å²) in [5.41, 5.74) is 2.13. The van der Waals surface area contributed by atoms with E-state index in [-0.39, 0.29) is 11.8 Å². The summed E-state index contributed by atoms with van der Waals surface area (Å²) in [6.07, 6.45) is 0.558. The van der Waals surface area contributed by atoms with E-state index in [2.05, 4.69) is 5.32 Å². The Balaban J connectivity index is 2.08. The molecule has 2 amide bonds. The fourth-order valence-corrected chi connectivity index (χ4v) is 3.78. The van der Waals surface area contributed by atoms with Gasteiger partial charge in [-0.25, -0.2) is 0 Å². The lowest BCUT2D eigenvalue weighted by Crippen LogP contribution is -2.48. The average Bonchev–Trinajstić information content (AvgIpc) is 2.69. The standard InChI is InChI=1S/C21H25ClN2O2S/c1-3-19(21(26)23-2)24(13-16-9-11-18(22)12-10-16)20(25)15-27-14-17-7-5-4-6-8-17/h4-12,19H,3,13-15H2,1-2H3,(H,23,26). The number of nitrogens with zero attached hydrogens (tertiary/aromatic N) is 1. The van der Waals surface area contributed by atoms with Crippen LogP contribution in [0.15, 0.2) is 54.6 Å². The number of carbonyl (C=O) groups is 2.